The van der Waals surface area contributed by atoms with Gasteiger partial charge in [-0.1, -0.05) is 26.0 Å². The van der Waals surface area contributed by atoms with E-state index in [0.29, 0.717) is 29.2 Å². The molecule has 1 heterocycles. The number of benzene rings is 1. The smallest absolute Gasteiger partial charge is 0.374 e. The predicted molar refractivity (Wildman–Crippen MR) is 81.5 cm³/mol. The maximum absolute atomic E-state index is 11.2. The standard InChI is InChI=1S/C16H19N3O2/c1-9-7-8-12(10(9)2)17-14-11-5-3-4-6-13(11)18-15(19-14)16(20)21/h3-6,9-10,12H,7-8H2,1-2H3,(H,20,21)(H,17,18,19). The van der Waals surface area contributed by atoms with Crippen LogP contribution in [0.5, 0.6) is 0 Å². The summed E-state index contributed by atoms with van der Waals surface area (Å²) in [4.78, 5) is 19.5. The van der Waals surface area contributed by atoms with Gasteiger partial charge in [0.2, 0.25) is 5.82 Å². The first kappa shape index (κ1) is 13.8. The van der Waals surface area contributed by atoms with Gasteiger partial charge in [0, 0.05) is 11.4 Å². The highest BCUT2D eigenvalue weighted by molar-refractivity contribution is 5.93. The van der Waals surface area contributed by atoms with Crippen molar-refractivity contribution in [2.24, 2.45) is 11.8 Å². The van der Waals surface area contributed by atoms with Crippen molar-refractivity contribution in [3.8, 4) is 0 Å². The van der Waals surface area contributed by atoms with E-state index in [1.165, 1.54) is 6.42 Å². The average molecular weight is 285 g/mol. The van der Waals surface area contributed by atoms with Crippen molar-refractivity contribution in [1.29, 1.82) is 0 Å². The van der Waals surface area contributed by atoms with Crippen LogP contribution in [0.15, 0.2) is 24.3 Å². The van der Waals surface area contributed by atoms with Gasteiger partial charge in [-0.2, -0.15) is 0 Å². The normalized spacial score (nSPS) is 25.1. The van der Waals surface area contributed by atoms with E-state index in [1.807, 2.05) is 24.3 Å². The lowest BCUT2D eigenvalue weighted by atomic mass is 9.98. The Morgan fingerprint density at radius 3 is 2.67 bits per heavy atom. The Morgan fingerprint density at radius 1 is 1.24 bits per heavy atom. The van der Waals surface area contributed by atoms with Crippen LogP contribution in [-0.4, -0.2) is 27.1 Å². The van der Waals surface area contributed by atoms with Crippen LogP contribution in [0.4, 0.5) is 5.82 Å². The number of hydrogen-bond donors (Lipinski definition) is 2. The zero-order valence-corrected chi connectivity index (χ0v) is 12.2. The molecule has 21 heavy (non-hydrogen) atoms. The number of anilines is 1. The molecule has 0 radical (unpaired) electrons. The van der Waals surface area contributed by atoms with Crippen LogP contribution in [0.3, 0.4) is 0 Å². The van der Waals surface area contributed by atoms with Crippen molar-refractivity contribution < 1.29 is 9.90 Å². The van der Waals surface area contributed by atoms with Gasteiger partial charge in [0.1, 0.15) is 5.82 Å². The Morgan fingerprint density at radius 2 is 2.00 bits per heavy atom. The second kappa shape index (κ2) is 5.31. The van der Waals surface area contributed by atoms with E-state index >= 15 is 0 Å². The van der Waals surface area contributed by atoms with E-state index in [0.717, 1.165) is 11.8 Å². The second-order valence-electron chi connectivity index (χ2n) is 5.88. The van der Waals surface area contributed by atoms with E-state index < -0.39 is 5.97 Å². The Hall–Kier alpha value is -2.17. The highest BCUT2D eigenvalue weighted by Gasteiger charge is 2.30. The van der Waals surface area contributed by atoms with Crippen LogP contribution in [0.25, 0.3) is 10.9 Å². The SMILES string of the molecule is CC1CCC(Nc2nc(C(=O)O)nc3ccccc23)C1C. The van der Waals surface area contributed by atoms with Crippen molar-refractivity contribution in [3.05, 3.63) is 30.1 Å². The summed E-state index contributed by atoms with van der Waals surface area (Å²) in [5, 5.41) is 13.5. The summed E-state index contributed by atoms with van der Waals surface area (Å²) >= 11 is 0. The molecule has 1 aromatic heterocycles. The molecular weight excluding hydrogens is 266 g/mol. The van der Waals surface area contributed by atoms with Crippen LogP contribution < -0.4 is 5.32 Å². The van der Waals surface area contributed by atoms with Crippen molar-refractivity contribution >= 4 is 22.7 Å². The molecule has 0 bridgehead atoms. The summed E-state index contributed by atoms with van der Waals surface area (Å²) in [7, 11) is 0. The third kappa shape index (κ3) is 2.55. The fraction of sp³-hybridized carbons (Fsp3) is 0.438. The van der Waals surface area contributed by atoms with Crippen molar-refractivity contribution in [1.82, 2.24) is 9.97 Å². The number of hydrogen-bond acceptors (Lipinski definition) is 4. The Bertz CT molecular complexity index is 686. The maximum Gasteiger partial charge on any atom is 0.374 e. The van der Waals surface area contributed by atoms with Crippen molar-refractivity contribution in [2.75, 3.05) is 5.32 Å². The van der Waals surface area contributed by atoms with Crippen LogP contribution in [0, 0.1) is 11.8 Å². The number of aromatic nitrogens is 2. The third-order valence-electron chi connectivity index (χ3n) is 4.58. The van der Waals surface area contributed by atoms with Gasteiger partial charge in [-0.25, -0.2) is 14.8 Å². The minimum absolute atomic E-state index is 0.158. The van der Waals surface area contributed by atoms with E-state index in [9.17, 15) is 9.90 Å². The summed E-state index contributed by atoms with van der Waals surface area (Å²) in [5.74, 6) is 0.594. The third-order valence-corrected chi connectivity index (χ3v) is 4.58. The number of fused-ring (bicyclic) bond motifs is 1. The average Bonchev–Trinajstić information content (AvgIpc) is 2.79. The molecule has 110 valence electrons. The van der Waals surface area contributed by atoms with Gasteiger partial charge in [0.25, 0.3) is 0 Å². The van der Waals surface area contributed by atoms with E-state index in [1.54, 1.807) is 0 Å². The first-order valence-corrected chi connectivity index (χ1v) is 7.33. The van der Waals surface area contributed by atoms with Crippen LogP contribution in [-0.2, 0) is 0 Å². The lowest BCUT2D eigenvalue weighted by Crippen LogP contribution is -2.25. The first-order valence-electron chi connectivity index (χ1n) is 7.33. The molecule has 0 aliphatic heterocycles. The van der Waals surface area contributed by atoms with Crippen LogP contribution in [0.1, 0.15) is 37.3 Å². The monoisotopic (exact) mass is 285 g/mol. The van der Waals surface area contributed by atoms with Crippen LogP contribution in [0.2, 0.25) is 0 Å². The van der Waals surface area contributed by atoms with Gasteiger partial charge in [-0.3, -0.25) is 0 Å². The number of carboxylic acid groups (broad SMARTS) is 1. The van der Waals surface area contributed by atoms with Gasteiger partial charge in [0.15, 0.2) is 0 Å². The van der Waals surface area contributed by atoms with E-state index in [2.05, 4.69) is 29.1 Å². The molecule has 5 nitrogen and oxygen atoms in total. The molecule has 2 aromatic rings. The maximum atomic E-state index is 11.2. The molecular formula is C16H19N3O2. The Kier molecular flexibility index (Phi) is 3.49. The molecule has 3 unspecified atom stereocenters. The molecule has 1 aliphatic rings. The van der Waals surface area contributed by atoms with Gasteiger partial charge < -0.3 is 10.4 Å². The molecule has 3 atom stereocenters. The zero-order chi connectivity index (χ0) is 15.0. The molecule has 1 fully saturated rings. The summed E-state index contributed by atoms with van der Waals surface area (Å²) in [5.41, 5.74) is 0.658. The molecule has 1 aliphatic carbocycles. The summed E-state index contributed by atoms with van der Waals surface area (Å²) in [6.45, 7) is 4.49. The molecule has 0 spiro atoms. The minimum Gasteiger partial charge on any atom is -0.475 e. The van der Waals surface area contributed by atoms with Gasteiger partial charge in [-0.15, -0.1) is 0 Å². The number of rotatable bonds is 3. The van der Waals surface area contributed by atoms with E-state index in [-0.39, 0.29) is 5.82 Å². The molecule has 2 N–H and O–H groups in total. The largest absolute Gasteiger partial charge is 0.475 e. The fourth-order valence-corrected chi connectivity index (χ4v) is 3.03. The van der Waals surface area contributed by atoms with E-state index in [4.69, 9.17) is 0 Å². The lowest BCUT2D eigenvalue weighted by molar-refractivity contribution is 0.0684. The molecule has 5 heteroatoms. The lowest BCUT2D eigenvalue weighted by Gasteiger charge is -2.21. The summed E-state index contributed by atoms with van der Waals surface area (Å²) < 4.78 is 0. The quantitative estimate of drug-likeness (QED) is 0.906. The number of nitrogens with one attached hydrogen (secondary N) is 1. The topological polar surface area (TPSA) is 75.1 Å². The fourth-order valence-electron chi connectivity index (χ4n) is 3.03. The molecule has 0 saturated heterocycles. The predicted octanol–water partition coefficient (Wildman–Crippen LogP) is 3.17. The Labute approximate surface area is 123 Å². The zero-order valence-electron chi connectivity index (χ0n) is 12.2. The minimum atomic E-state index is -1.10. The highest BCUT2D eigenvalue weighted by atomic mass is 16.4. The summed E-state index contributed by atoms with van der Waals surface area (Å²) in [6.07, 6.45) is 2.27. The second-order valence-corrected chi connectivity index (χ2v) is 5.88. The molecule has 1 aromatic carbocycles. The number of para-hydroxylation sites is 1. The number of carboxylic acids is 1. The number of carbonyl (C=O) groups is 1. The van der Waals surface area contributed by atoms with Gasteiger partial charge in [-0.05, 0) is 36.8 Å². The van der Waals surface area contributed by atoms with Gasteiger partial charge >= 0.3 is 5.97 Å². The highest BCUT2D eigenvalue weighted by Crippen LogP contribution is 2.34. The summed E-state index contributed by atoms with van der Waals surface area (Å²) in [6, 6.07) is 7.84. The molecule has 3 rings (SSSR count). The molecule has 0 amide bonds. The first-order chi connectivity index (χ1) is 10.1. The van der Waals surface area contributed by atoms with Crippen molar-refractivity contribution in [3.63, 3.8) is 0 Å². The molecule has 1 saturated carbocycles. The van der Waals surface area contributed by atoms with Crippen molar-refractivity contribution in [2.45, 2.75) is 32.7 Å². The van der Waals surface area contributed by atoms with Gasteiger partial charge in [0.05, 0.1) is 5.52 Å². The number of nitrogens with zero attached hydrogens (tertiary/aromatic N) is 2. The Balaban J connectivity index is 2.02. The number of aromatic carboxylic acids is 1. The van der Waals surface area contributed by atoms with Crippen LogP contribution >= 0.6 is 0 Å².